The number of hydrogen-bond donors (Lipinski definition) is 1. The first-order valence-electron chi connectivity index (χ1n) is 9.06. The molecule has 0 aliphatic carbocycles. The average Bonchev–Trinajstić information content (AvgIpc) is 2.97. The van der Waals surface area contributed by atoms with E-state index in [0.717, 1.165) is 22.6 Å². The molecule has 29 heavy (non-hydrogen) atoms. The van der Waals surface area contributed by atoms with Crippen molar-refractivity contribution in [2.45, 2.75) is 20.8 Å². The van der Waals surface area contributed by atoms with Crippen molar-refractivity contribution < 1.29 is 19.1 Å². The molecule has 0 spiro atoms. The van der Waals surface area contributed by atoms with E-state index in [9.17, 15) is 14.4 Å². The molecule has 1 aromatic carbocycles. The molecule has 3 rings (SSSR count). The topological polar surface area (TPSA) is 80.6 Å². The molecule has 2 amide bonds. The Labute approximate surface area is 173 Å². The number of rotatable bonds is 4. The monoisotopic (exact) mass is 411 g/mol. The number of thiocarbonyl (C=S) groups is 1. The van der Waals surface area contributed by atoms with E-state index >= 15 is 0 Å². The maximum Gasteiger partial charge on any atom is 0.338 e. The number of aromatic nitrogens is 1. The Hall–Kier alpha value is -3.26. The summed E-state index contributed by atoms with van der Waals surface area (Å²) >= 11 is 4.97. The molecule has 2 aromatic rings. The zero-order valence-electron chi connectivity index (χ0n) is 16.6. The number of nitrogens with zero attached hydrogens (tertiary/aromatic N) is 2. The van der Waals surface area contributed by atoms with Gasteiger partial charge in [-0.2, -0.15) is 0 Å². The minimum absolute atomic E-state index is 0.0154. The molecule has 7 nitrogen and oxygen atoms in total. The minimum Gasteiger partial charge on any atom is -0.462 e. The van der Waals surface area contributed by atoms with E-state index in [-0.39, 0.29) is 16.7 Å². The lowest BCUT2D eigenvalue weighted by Crippen LogP contribution is -2.52. The Balaban J connectivity index is 2.03. The van der Waals surface area contributed by atoms with Crippen molar-refractivity contribution in [2.75, 3.05) is 13.7 Å². The number of carbonyl (C=O) groups excluding carboxylic acids is 3. The minimum atomic E-state index is -0.521. The fraction of sp³-hybridized carbons (Fsp3) is 0.238. The molecule has 0 radical (unpaired) electrons. The molecule has 0 unspecified atom stereocenters. The predicted octanol–water partition coefficient (Wildman–Crippen LogP) is 2.53. The lowest BCUT2D eigenvalue weighted by molar-refractivity contribution is -0.128. The first kappa shape index (κ1) is 20.5. The highest BCUT2D eigenvalue weighted by Crippen LogP contribution is 2.24. The van der Waals surface area contributed by atoms with Gasteiger partial charge in [0, 0.05) is 24.1 Å². The number of nitrogens with one attached hydrogen (secondary N) is 1. The molecular formula is C21H21N3O4S. The summed E-state index contributed by atoms with van der Waals surface area (Å²) in [6, 6.07) is 8.99. The molecular weight excluding hydrogens is 390 g/mol. The summed E-state index contributed by atoms with van der Waals surface area (Å²) in [7, 11) is 1.52. The van der Waals surface area contributed by atoms with Crippen LogP contribution < -0.4 is 5.32 Å². The van der Waals surface area contributed by atoms with Gasteiger partial charge < -0.3 is 9.30 Å². The van der Waals surface area contributed by atoms with Crippen LogP contribution in [0.4, 0.5) is 0 Å². The Kier molecular flexibility index (Phi) is 5.65. The molecule has 8 heteroatoms. The summed E-state index contributed by atoms with van der Waals surface area (Å²) in [5.41, 5.74) is 3.70. The SMILES string of the molecule is CCOC(=O)c1cccc(-n2c(C)cc(/C=C3\C(=O)NC(=S)N(C)C3=O)c2C)c1. The molecule has 2 heterocycles. The summed E-state index contributed by atoms with van der Waals surface area (Å²) in [4.78, 5) is 38.0. The maximum atomic E-state index is 12.5. The van der Waals surface area contributed by atoms with E-state index in [4.69, 9.17) is 17.0 Å². The van der Waals surface area contributed by atoms with E-state index < -0.39 is 11.8 Å². The second-order valence-corrected chi connectivity index (χ2v) is 7.00. The van der Waals surface area contributed by atoms with Crippen molar-refractivity contribution in [1.82, 2.24) is 14.8 Å². The highest BCUT2D eigenvalue weighted by Gasteiger charge is 2.31. The smallest absolute Gasteiger partial charge is 0.338 e. The normalized spacial score (nSPS) is 15.7. The lowest BCUT2D eigenvalue weighted by Gasteiger charge is -2.25. The first-order valence-corrected chi connectivity index (χ1v) is 9.47. The number of ether oxygens (including phenoxy) is 1. The van der Waals surface area contributed by atoms with Gasteiger partial charge in [0.2, 0.25) is 0 Å². The van der Waals surface area contributed by atoms with Crippen LogP contribution in [0.25, 0.3) is 11.8 Å². The van der Waals surface area contributed by atoms with Gasteiger partial charge in [-0.25, -0.2) is 4.79 Å². The van der Waals surface area contributed by atoms with Crippen LogP contribution in [0.3, 0.4) is 0 Å². The number of esters is 1. The number of aryl methyl sites for hydroxylation is 1. The van der Waals surface area contributed by atoms with Crippen LogP contribution in [-0.2, 0) is 14.3 Å². The van der Waals surface area contributed by atoms with Gasteiger partial charge in [-0.3, -0.25) is 19.8 Å². The first-order chi connectivity index (χ1) is 13.7. The van der Waals surface area contributed by atoms with Crippen molar-refractivity contribution in [2.24, 2.45) is 0 Å². The summed E-state index contributed by atoms with van der Waals surface area (Å²) in [5.74, 6) is -1.36. The molecule has 1 N–H and O–H groups in total. The molecule has 1 fully saturated rings. The van der Waals surface area contributed by atoms with Crippen LogP contribution in [0.5, 0.6) is 0 Å². The van der Waals surface area contributed by atoms with Gasteiger partial charge in [0.15, 0.2) is 5.11 Å². The van der Waals surface area contributed by atoms with Gasteiger partial charge in [0.25, 0.3) is 11.8 Å². The summed E-state index contributed by atoms with van der Waals surface area (Å²) < 4.78 is 7.03. The zero-order chi connectivity index (χ0) is 21.3. The number of likely N-dealkylation sites (N-methyl/N-ethyl adjacent to an activating group) is 1. The van der Waals surface area contributed by atoms with Crippen molar-refractivity contribution in [1.29, 1.82) is 0 Å². The summed E-state index contributed by atoms with van der Waals surface area (Å²) in [6.45, 7) is 5.86. The Morgan fingerprint density at radius 2 is 1.97 bits per heavy atom. The molecule has 1 aromatic heterocycles. The van der Waals surface area contributed by atoms with Crippen molar-refractivity contribution in [3.05, 3.63) is 58.4 Å². The van der Waals surface area contributed by atoms with Crippen molar-refractivity contribution >= 4 is 41.2 Å². The standard InChI is InChI=1S/C21H21N3O4S/c1-5-28-20(27)14-7-6-8-16(10-14)24-12(2)9-15(13(24)3)11-17-18(25)22-21(29)23(4)19(17)26/h6-11H,5H2,1-4H3,(H,22,25,29)/b17-11+. The van der Waals surface area contributed by atoms with E-state index in [1.54, 1.807) is 31.2 Å². The lowest BCUT2D eigenvalue weighted by atomic mass is 10.1. The molecule has 0 saturated carbocycles. The fourth-order valence-corrected chi connectivity index (χ4v) is 3.39. The summed E-state index contributed by atoms with van der Waals surface area (Å²) in [6.07, 6.45) is 1.56. The fourth-order valence-electron chi connectivity index (χ4n) is 3.22. The highest BCUT2D eigenvalue weighted by molar-refractivity contribution is 7.80. The third kappa shape index (κ3) is 3.84. The van der Waals surface area contributed by atoms with Crippen LogP contribution in [-0.4, -0.2) is 46.0 Å². The quantitative estimate of drug-likeness (QED) is 0.362. The van der Waals surface area contributed by atoms with Crippen LogP contribution in [0.15, 0.2) is 35.9 Å². The average molecular weight is 411 g/mol. The predicted molar refractivity (Wildman–Crippen MR) is 113 cm³/mol. The van der Waals surface area contributed by atoms with Crippen LogP contribution in [0.1, 0.15) is 34.2 Å². The van der Waals surface area contributed by atoms with E-state index in [1.165, 1.54) is 11.9 Å². The van der Waals surface area contributed by atoms with E-state index in [2.05, 4.69) is 5.32 Å². The van der Waals surface area contributed by atoms with Gasteiger partial charge in [-0.1, -0.05) is 6.07 Å². The van der Waals surface area contributed by atoms with Gasteiger partial charge in [-0.05, 0) is 68.9 Å². The Bertz CT molecular complexity index is 1070. The summed E-state index contributed by atoms with van der Waals surface area (Å²) in [5, 5.41) is 2.59. The van der Waals surface area contributed by atoms with Gasteiger partial charge in [-0.15, -0.1) is 0 Å². The maximum absolute atomic E-state index is 12.5. The number of benzene rings is 1. The van der Waals surface area contributed by atoms with E-state index in [1.807, 2.05) is 30.5 Å². The van der Waals surface area contributed by atoms with Gasteiger partial charge in [0.1, 0.15) is 5.57 Å². The molecule has 1 aliphatic rings. The third-order valence-corrected chi connectivity index (χ3v) is 5.07. The van der Waals surface area contributed by atoms with Crippen molar-refractivity contribution in [3.8, 4) is 5.69 Å². The third-order valence-electron chi connectivity index (χ3n) is 4.69. The van der Waals surface area contributed by atoms with Crippen LogP contribution in [0.2, 0.25) is 0 Å². The van der Waals surface area contributed by atoms with E-state index in [0.29, 0.717) is 12.2 Å². The number of amides is 2. The Morgan fingerprint density at radius 3 is 2.66 bits per heavy atom. The zero-order valence-corrected chi connectivity index (χ0v) is 17.4. The second kappa shape index (κ2) is 8.00. The number of carbonyl (C=O) groups is 3. The molecule has 150 valence electrons. The van der Waals surface area contributed by atoms with Crippen LogP contribution in [0, 0.1) is 13.8 Å². The largest absolute Gasteiger partial charge is 0.462 e. The van der Waals surface area contributed by atoms with Gasteiger partial charge >= 0.3 is 5.97 Å². The van der Waals surface area contributed by atoms with Crippen LogP contribution >= 0.6 is 12.2 Å². The highest BCUT2D eigenvalue weighted by atomic mass is 32.1. The van der Waals surface area contributed by atoms with Crippen molar-refractivity contribution in [3.63, 3.8) is 0 Å². The molecule has 1 saturated heterocycles. The number of hydrogen-bond acceptors (Lipinski definition) is 5. The molecule has 0 bridgehead atoms. The molecule has 0 atom stereocenters. The molecule has 1 aliphatic heterocycles. The Morgan fingerprint density at radius 1 is 1.24 bits per heavy atom. The second-order valence-electron chi connectivity index (χ2n) is 6.61. The van der Waals surface area contributed by atoms with Gasteiger partial charge in [0.05, 0.1) is 12.2 Å².